The van der Waals surface area contributed by atoms with Gasteiger partial charge >= 0.3 is 0 Å². The predicted molar refractivity (Wildman–Crippen MR) is 86.8 cm³/mol. The second kappa shape index (κ2) is 8.19. The molecule has 1 rings (SSSR count). The molecule has 1 N–H and O–H groups in total. The molecule has 1 aliphatic rings. The smallest absolute Gasteiger partial charge is 0.257 e. The molecule has 6 nitrogen and oxygen atoms in total. The Labute approximate surface area is 133 Å². The predicted octanol–water partition coefficient (Wildman–Crippen LogP) is 1.37. The fourth-order valence-electron chi connectivity index (χ4n) is 2.66. The molecule has 0 saturated heterocycles. The Morgan fingerprint density at radius 3 is 2.59 bits per heavy atom. The summed E-state index contributed by atoms with van der Waals surface area (Å²) in [5, 5.41) is 3.41. The molecule has 0 radical (unpaired) electrons. The van der Waals surface area contributed by atoms with Crippen molar-refractivity contribution >= 4 is 5.91 Å². The third-order valence-corrected chi connectivity index (χ3v) is 3.94. The van der Waals surface area contributed by atoms with Gasteiger partial charge in [-0.25, -0.2) is 0 Å². The van der Waals surface area contributed by atoms with Crippen molar-refractivity contribution in [2.24, 2.45) is 5.92 Å². The lowest BCUT2D eigenvalue weighted by Crippen LogP contribution is -2.49. The number of methoxy groups -OCH3 is 1. The molecular weight excluding hydrogens is 282 g/mol. The van der Waals surface area contributed by atoms with Crippen LogP contribution in [-0.4, -0.2) is 62.9 Å². The van der Waals surface area contributed by atoms with Crippen LogP contribution in [0.2, 0.25) is 0 Å². The first-order valence-electron chi connectivity index (χ1n) is 7.58. The van der Waals surface area contributed by atoms with Gasteiger partial charge in [-0.2, -0.15) is 0 Å². The normalized spacial score (nSPS) is 22.8. The quantitative estimate of drug-likeness (QED) is 0.720. The summed E-state index contributed by atoms with van der Waals surface area (Å²) in [6, 6.07) is 0.138. The Morgan fingerprint density at radius 2 is 2.14 bits per heavy atom. The molecule has 3 atom stereocenters. The third-order valence-electron chi connectivity index (χ3n) is 3.94. The van der Waals surface area contributed by atoms with E-state index in [1.165, 1.54) is 11.1 Å². The van der Waals surface area contributed by atoms with Crippen molar-refractivity contribution in [3.63, 3.8) is 0 Å². The molecule has 1 amide bonds. The maximum absolute atomic E-state index is 12.6. The second-order valence-corrected chi connectivity index (χ2v) is 5.68. The first kappa shape index (κ1) is 18.5. The van der Waals surface area contributed by atoms with Crippen molar-refractivity contribution in [3.8, 4) is 0 Å². The molecule has 3 unspecified atom stereocenters. The molecule has 0 fully saturated rings. The molecule has 0 bridgehead atoms. The molecule has 1 heterocycles. The van der Waals surface area contributed by atoms with Crippen molar-refractivity contribution in [2.45, 2.75) is 32.6 Å². The molecule has 0 aromatic rings. The van der Waals surface area contributed by atoms with Crippen LogP contribution in [0.25, 0.3) is 0 Å². The number of nitrogens with one attached hydrogen (secondary N) is 1. The zero-order valence-electron chi connectivity index (χ0n) is 14.5. The molecule has 0 spiro atoms. The summed E-state index contributed by atoms with van der Waals surface area (Å²) in [4.78, 5) is 16.0. The highest BCUT2D eigenvalue weighted by atomic mass is 16.7. The Bertz CT molecular complexity index is 434. The van der Waals surface area contributed by atoms with Crippen molar-refractivity contribution in [1.29, 1.82) is 0 Å². The van der Waals surface area contributed by atoms with E-state index in [-0.39, 0.29) is 24.2 Å². The minimum absolute atomic E-state index is 0.0607. The molecule has 0 aromatic carbocycles. The van der Waals surface area contributed by atoms with Crippen molar-refractivity contribution in [1.82, 2.24) is 15.1 Å². The first-order chi connectivity index (χ1) is 10.4. The average molecular weight is 311 g/mol. The lowest BCUT2D eigenvalue weighted by atomic mass is 9.88. The van der Waals surface area contributed by atoms with Gasteiger partial charge in [0, 0.05) is 46.8 Å². The maximum Gasteiger partial charge on any atom is 0.257 e. The first-order valence-corrected chi connectivity index (χ1v) is 7.58. The Morgan fingerprint density at radius 1 is 1.50 bits per heavy atom. The molecule has 22 heavy (non-hydrogen) atoms. The number of nitrogens with zero attached hydrogens (tertiary/aromatic N) is 2. The van der Waals surface area contributed by atoms with Crippen LogP contribution in [0.5, 0.6) is 0 Å². The summed E-state index contributed by atoms with van der Waals surface area (Å²) < 4.78 is 11.1. The summed E-state index contributed by atoms with van der Waals surface area (Å²) in [5.41, 5.74) is 0.720. The topological polar surface area (TPSA) is 54.0 Å². The van der Waals surface area contributed by atoms with Crippen LogP contribution in [0.15, 0.2) is 24.2 Å². The zero-order chi connectivity index (χ0) is 16.9. The minimum atomic E-state index is -0.340. The van der Waals surface area contributed by atoms with E-state index in [1.807, 2.05) is 25.9 Å². The van der Waals surface area contributed by atoms with Crippen molar-refractivity contribution < 1.29 is 14.3 Å². The second-order valence-electron chi connectivity index (χ2n) is 5.68. The molecule has 1 aliphatic heterocycles. The third kappa shape index (κ3) is 4.01. The van der Waals surface area contributed by atoms with E-state index < -0.39 is 0 Å². The van der Waals surface area contributed by atoms with Gasteiger partial charge in [0.1, 0.15) is 5.82 Å². The monoisotopic (exact) mass is 311 g/mol. The van der Waals surface area contributed by atoms with Crippen LogP contribution in [0.4, 0.5) is 0 Å². The highest BCUT2D eigenvalue weighted by Gasteiger charge is 2.37. The van der Waals surface area contributed by atoms with Gasteiger partial charge in [0.2, 0.25) is 0 Å². The fourth-order valence-corrected chi connectivity index (χ4v) is 2.66. The molecule has 6 heteroatoms. The Balaban J connectivity index is 3.13. The number of amides is 1. The molecule has 0 saturated carbocycles. The number of hydrogen-bond donors (Lipinski definition) is 1. The van der Waals surface area contributed by atoms with Crippen molar-refractivity contribution in [2.75, 3.05) is 34.9 Å². The molecule has 0 aliphatic carbocycles. The number of ether oxygens (including phenoxy) is 2. The lowest BCUT2D eigenvalue weighted by Gasteiger charge is -2.39. The van der Waals surface area contributed by atoms with Crippen LogP contribution in [0.1, 0.15) is 20.3 Å². The number of carbonyl (C=O) groups excluding carboxylic acids is 1. The number of rotatable bonds is 7. The van der Waals surface area contributed by atoms with E-state index in [0.29, 0.717) is 13.0 Å². The van der Waals surface area contributed by atoms with Crippen LogP contribution in [0.3, 0.4) is 0 Å². The van der Waals surface area contributed by atoms with Gasteiger partial charge in [0.25, 0.3) is 5.91 Å². The van der Waals surface area contributed by atoms with Crippen LogP contribution in [-0.2, 0) is 14.3 Å². The van der Waals surface area contributed by atoms with Crippen molar-refractivity contribution in [3.05, 3.63) is 24.2 Å². The van der Waals surface area contributed by atoms with E-state index in [0.717, 1.165) is 11.4 Å². The average Bonchev–Trinajstić information content (AvgIpc) is 2.51. The van der Waals surface area contributed by atoms with Gasteiger partial charge in [-0.3, -0.25) is 4.79 Å². The summed E-state index contributed by atoms with van der Waals surface area (Å²) in [6.07, 6.45) is 1.77. The van der Waals surface area contributed by atoms with E-state index in [4.69, 9.17) is 9.47 Å². The van der Waals surface area contributed by atoms with E-state index in [1.54, 1.807) is 14.2 Å². The summed E-state index contributed by atoms with van der Waals surface area (Å²) in [5.74, 6) is 0.842. The summed E-state index contributed by atoms with van der Waals surface area (Å²) in [7, 11) is 7.19. The fraction of sp³-hybridized carbons (Fsp3) is 0.688. The minimum Gasteiger partial charge on any atom is -0.368 e. The van der Waals surface area contributed by atoms with E-state index in [9.17, 15) is 4.79 Å². The molecule has 126 valence electrons. The van der Waals surface area contributed by atoms with Gasteiger partial charge in [0.05, 0.1) is 5.57 Å². The van der Waals surface area contributed by atoms with Crippen LogP contribution >= 0.6 is 0 Å². The largest absolute Gasteiger partial charge is 0.368 e. The maximum atomic E-state index is 12.6. The highest BCUT2D eigenvalue weighted by molar-refractivity contribution is 5.94. The van der Waals surface area contributed by atoms with E-state index >= 15 is 0 Å². The Kier molecular flexibility index (Phi) is 6.90. The molecular formula is C16H29N3O3. The number of likely N-dealkylation sites (N-methyl/N-ethyl adjacent to an activating group) is 1. The van der Waals surface area contributed by atoms with Crippen LogP contribution in [0, 0.1) is 5.92 Å². The highest BCUT2D eigenvalue weighted by Crippen LogP contribution is 2.30. The van der Waals surface area contributed by atoms with Gasteiger partial charge in [-0.05, 0) is 26.5 Å². The summed E-state index contributed by atoms with van der Waals surface area (Å²) >= 11 is 0. The SMILES string of the molecule is C=CN(C)C(=O)C1=C(N(C)C)NC(C)C(C(OC)OCC)C1. The Hall–Kier alpha value is -1.53. The summed E-state index contributed by atoms with van der Waals surface area (Å²) in [6.45, 7) is 8.25. The van der Waals surface area contributed by atoms with Gasteiger partial charge in [-0.15, -0.1) is 0 Å². The number of hydrogen-bond acceptors (Lipinski definition) is 5. The van der Waals surface area contributed by atoms with Gasteiger partial charge < -0.3 is 24.6 Å². The number of carbonyl (C=O) groups is 1. The zero-order valence-corrected chi connectivity index (χ0v) is 14.5. The molecule has 0 aromatic heterocycles. The lowest BCUT2D eigenvalue weighted by molar-refractivity contribution is -0.159. The van der Waals surface area contributed by atoms with E-state index in [2.05, 4.69) is 18.8 Å². The standard InChI is InChI=1S/C16H29N3O3/c1-8-19(6)15(20)13-10-12(16(21-7)22-9-2)11(3)17-14(13)18(4)5/h8,11-12,16-17H,1,9-10H2,2-7H3. The van der Waals surface area contributed by atoms with Crippen LogP contribution < -0.4 is 5.32 Å². The van der Waals surface area contributed by atoms with Gasteiger partial charge in [0.15, 0.2) is 6.29 Å². The van der Waals surface area contributed by atoms with Gasteiger partial charge in [-0.1, -0.05) is 6.58 Å².